The van der Waals surface area contributed by atoms with Crippen LogP contribution in [0.1, 0.15) is 36.1 Å². The number of hydrogen-bond acceptors (Lipinski definition) is 6. The van der Waals surface area contributed by atoms with Gasteiger partial charge in [-0.1, -0.05) is 18.6 Å². The number of carbonyl (C=O) groups is 1. The van der Waals surface area contributed by atoms with Gasteiger partial charge in [-0.25, -0.2) is 9.36 Å². The molecule has 0 aliphatic carbocycles. The zero-order valence-electron chi connectivity index (χ0n) is 9.52. The van der Waals surface area contributed by atoms with Crippen LogP contribution in [0, 0.1) is 0 Å². The first kappa shape index (κ1) is 11.4. The molecule has 0 atom stereocenters. The van der Waals surface area contributed by atoms with E-state index in [0.29, 0.717) is 24.3 Å². The van der Waals surface area contributed by atoms with Crippen LogP contribution in [0.4, 0.5) is 0 Å². The van der Waals surface area contributed by atoms with Gasteiger partial charge in [0.1, 0.15) is 12.2 Å². The van der Waals surface area contributed by atoms with Gasteiger partial charge < -0.3 is 0 Å². The van der Waals surface area contributed by atoms with Crippen LogP contribution < -0.4 is 0 Å². The molecule has 0 unspecified atom stereocenters. The van der Waals surface area contributed by atoms with Crippen molar-refractivity contribution in [3.05, 3.63) is 17.7 Å². The fraction of sp³-hybridized carbons (Fsp3) is 0.556. The van der Waals surface area contributed by atoms with Crippen molar-refractivity contribution in [3.63, 3.8) is 0 Å². The van der Waals surface area contributed by atoms with E-state index in [4.69, 9.17) is 0 Å². The molecule has 0 aromatic carbocycles. The van der Waals surface area contributed by atoms with Crippen LogP contribution in [0.25, 0.3) is 0 Å². The van der Waals surface area contributed by atoms with Gasteiger partial charge in [0, 0.05) is 6.54 Å². The van der Waals surface area contributed by atoms with Crippen molar-refractivity contribution in [2.24, 2.45) is 0 Å². The number of unbranched alkanes of at least 4 members (excludes halogenated alkanes) is 1. The largest absolute Gasteiger partial charge is 0.296 e. The lowest BCUT2D eigenvalue weighted by atomic mass is 10.3. The molecule has 0 saturated heterocycles. The molecule has 8 heteroatoms. The van der Waals surface area contributed by atoms with Crippen LogP contribution >= 0.6 is 0 Å². The molecule has 17 heavy (non-hydrogen) atoms. The third-order valence-electron chi connectivity index (χ3n) is 2.31. The van der Waals surface area contributed by atoms with Crippen molar-refractivity contribution in [2.45, 2.75) is 32.9 Å². The van der Waals surface area contributed by atoms with E-state index in [1.807, 2.05) is 0 Å². The Hall–Kier alpha value is -2.12. The van der Waals surface area contributed by atoms with E-state index in [-0.39, 0.29) is 0 Å². The molecule has 0 spiro atoms. The predicted molar refractivity (Wildman–Crippen MR) is 57.2 cm³/mol. The molecule has 0 bridgehead atoms. The summed E-state index contributed by atoms with van der Waals surface area (Å²) in [4.78, 5) is 10.5. The number of carbonyl (C=O) groups excluding carboxylic acids is 1. The molecule has 0 fully saturated rings. The van der Waals surface area contributed by atoms with Crippen LogP contribution in [-0.2, 0) is 13.1 Å². The lowest BCUT2D eigenvalue weighted by Crippen LogP contribution is -2.10. The number of nitrogens with zero attached hydrogens (tertiary/aromatic N) is 7. The minimum atomic E-state index is 0.303. The number of aryl methyl sites for hydroxylation is 1. The second kappa shape index (κ2) is 5.28. The van der Waals surface area contributed by atoms with Gasteiger partial charge in [0.15, 0.2) is 12.1 Å². The average Bonchev–Trinajstić information content (AvgIpc) is 2.96. The van der Waals surface area contributed by atoms with Crippen LogP contribution in [0.5, 0.6) is 0 Å². The Balaban J connectivity index is 2.07. The molecule has 0 aliphatic heterocycles. The first-order valence-corrected chi connectivity index (χ1v) is 5.44. The summed E-state index contributed by atoms with van der Waals surface area (Å²) in [5, 5.41) is 18.9. The molecular weight excluding hydrogens is 222 g/mol. The van der Waals surface area contributed by atoms with E-state index in [0.717, 1.165) is 19.4 Å². The zero-order valence-corrected chi connectivity index (χ0v) is 9.52. The van der Waals surface area contributed by atoms with Gasteiger partial charge in [-0.3, -0.25) is 4.79 Å². The van der Waals surface area contributed by atoms with Crippen molar-refractivity contribution < 1.29 is 4.79 Å². The summed E-state index contributed by atoms with van der Waals surface area (Å²) in [6, 6.07) is 0. The molecule has 0 amide bonds. The van der Waals surface area contributed by atoms with Gasteiger partial charge in [0.2, 0.25) is 0 Å². The Bertz CT molecular complexity index is 489. The third kappa shape index (κ3) is 2.71. The van der Waals surface area contributed by atoms with Crippen molar-refractivity contribution >= 4 is 6.29 Å². The molecule has 2 aromatic rings. The van der Waals surface area contributed by atoms with E-state index < -0.39 is 0 Å². The van der Waals surface area contributed by atoms with Gasteiger partial charge in [0.25, 0.3) is 0 Å². The lowest BCUT2D eigenvalue weighted by molar-refractivity contribution is 0.111. The smallest absolute Gasteiger partial charge is 0.172 e. The second-order valence-electron chi connectivity index (χ2n) is 3.63. The summed E-state index contributed by atoms with van der Waals surface area (Å²) >= 11 is 0. The second-order valence-corrected chi connectivity index (χ2v) is 3.63. The van der Waals surface area contributed by atoms with Gasteiger partial charge >= 0.3 is 0 Å². The molecular formula is C9H13N7O. The first-order chi connectivity index (χ1) is 8.33. The van der Waals surface area contributed by atoms with Crippen molar-refractivity contribution in [3.8, 4) is 0 Å². The molecule has 8 nitrogen and oxygen atoms in total. The summed E-state index contributed by atoms with van der Waals surface area (Å²) in [7, 11) is 0. The average molecular weight is 235 g/mol. The Morgan fingerprint density at radius 1 is 1.35 bits per heavy atom. The maximum atomic E-state index is 10.5. The highest BCUT2D eigenvalue weighted by atomic mass is 16.1. The molecule has 2 aromatic heterocycles. The highest BCUT2D eigenvalue weighted by Gasteiger charge is 2.07. The fourth-order valence-corrected chi connectivity index (χ4v) is 1.41. The number of aromatic nitrogens is 7. The fourth-order valence-electron chi connectivity index (χ4n) is 1.41. The Kier molecular flexibility index (Phi) is 3.53. The molecule has 90 valence electrons. The van der Waals surface area contributed by atoms with Gasteiger partial charge in [-0.15, -0.1) is 10.2 Å². The van der Waals surface area contributed by atoms with Crippen molar-refractivity contribution in [2.75, 3.05) is 0 Å². The maximum absolute atomic E-state index is 10.5. The summed E-state index contributed by atoms with van der Waals surface area (Å²) < 4.78 is 3.28. The van der Waals surface area contributed by atoms with E-state index in [2.05, 4.69) is 32.8 Å². The van der Waals surface area contributed by atoms with Gasteiger partial charge in [0.05, 0.1) is 6.20 Å². The Morgan fingerprint density at radius 3 is 2.94 bits per heavy atom. The molecule has 0 saturated carbocycles. The van der Waals surface area contributed by atoms with Crippen LogP contribution in [0.15, 0.2) is 6.20 Å². The Morgan fingerprint density at radius 2 is 2.24 bits per heavy atom. The normalized spacial score (nSPS) is 10.6. The SMILES string of the molecule is CCCCn1nnnc1Cn1cc(C=O)nn1. The highest BCUT2D eigenvalue weighted by molar-refractivity contribution is 5.70. The molecule has 2 rings (SSSR count). The zero-order chi connectivity index (χ0) is 12.1. The topological polar surface area (TPSA) is 91.4 Å². The van der Waals surface area contributed by atoms with Crippen LogP contribution in [0.3, 0.4) is 0 Å². The quantitative estimate of drug-likeness (QED) is 0.650. The summed E-state index contributed by atoms with van der Waals surface area (Å²) in [5.74, 6) is 0.709. The molecule has 0 aliphatic rings. The van der Waals surface area contributed by atoms with Crippen molar-refractivity contribution in [1.29, 1.82) is 0 Å². The minimum Gasteiger partial charge on any atom is -0.296 e. The highest BCUT2D eigenvalue weighted by Crippen LogP contribution is 1.99. The van der Waals surface area contributed by atoms with E-state index in [9.17, 15) is 4.79 Å². The first-order valence-electron chi connectivity index (χ1n) is 5.44. The van der Waals surface area contributed by atoms with E-state index >= 15 is 0 Å². The van der Waals surface area contributed by atoms with Crippen LogP contribution in [-0.4, -0.2) is 41.5 Å². The number of hydrogen-bond donors (Lipinski definition) is 0. The van der Waals surface area contributed by atoms with E-state index in [1.54, 1.807) is 10.9 Å². The monoisotopic (exact) mass is 235 g/mol. The number of rotatable bonds is 6. The van der Waals surface area contributed by atoms with Gasteiger partial charge in [-0.05, 0) is 16.8 Å². The molecule has 0 radical (unpaired) electrons. The summed E-state index contributed by atoms with van der Waals surface area (Å²) in [6.45, 7) is 3.31. The standard InChI is InChI=1S/C9H13N7O/c1-2-3-4-16-9(11-12-14-16)6-15-5-8(7-17)10-13-15/h5,7H,2-4,6H2,1H3. The lowest BCUT2D eigenvalue weighted by Gasteiger charge is -2.02. The van der Waals surface area contributed by atoms with Crippen LogP contribution in [0.2, 0.25) is 0 Å². The number of aldehydes is 1. The maximum Gasteiger partial charge on any atom is 0.172 e. The minimum absolute atomic E-state index is 0.303. The molecule has 2 heterocycles. The summed E-state index contributed by atoms with van der Waals surface area (Å²) in [5.41, 5.74) is 0.303. The van der Waals surface area contributed by atoms with Crippen molar-refractivity contribution in [1.82, 2.24) is 35.2 Å². The predicted octanol–water partition coefficient (Wildman–Crippen LogP) is -0.0745. The third-order valence-corrected chi connectivity index (χ3v) is 2.31. The number of tetrazole rings is 1. The molecule has 0 N–H and O–H groups in total. The van der Waals surface area contributed by atoms with Gasteiger partial charge in [-0.2, -0.15) is 0 Å². The Labute approximate surface area is 97.6 Å². The summed E-state index contributed by atoms with van der Waals surface area (Å²) in [6.07, 6.45) is 4.32. The van der Waals surface area contributed by atoms with E-state index in [1.165, 1.54) is 4.68 Å².